The molecule has 3 atom stereocenters. The highest BCUT2D eigenvalue weighted by atomic mass is 35.5. The molecule has 2 N–H and O–H groups in total. The number of alkyl halides is 4. The fourth-order valence-electron chi connectivity index (χ4n) is 0.454. The molecular formula is C5H8Cl4O2. The summed E-state index contributed by atoms with van der Waals surface area (Å²) in [5, 5.41) is 17.4. The predicted molar refractivity (Wildman–Crippen MR) is 47.9 cm³/mol. The summed E-state index contributed by atoms with van der Waals surface area (Å²) < 4.78 is 0. The van der Waals surface area contributed by atoms with Crippen molar-refractivity contribution in [3.05, 3.63) is 0 Å². The van der Waals surface area contributed by atoms with Crippen LogP contribution in [-0.4, -0.2) is 38.5 Å². The molecule has 0 radical (unpaired) electrons. The van der Waals surface area contributed by atoms with Gasteiger partial charge < -0.3 is 10.2 Å². The third-order valence-corrected chi connectivity index (χ3v) is 2.55. The van der Waals surface area contributed by atoms with Gasteiger partial charge in [0.1, 0.15) is 17.0 Å². The van der Waals surface area contributed by atoms with Gasteiger partial charge in [0.2, 0.25) is 0 Å². The Morgan fingerprint density at radius 2 is 1.45 bits per heavy atom. The van der Waals surface area contributed by atoms with Crippen LogP contribution in [0.5, 0.6) is 0 Å². The molecule has 0 amide bonds. The standard InChI is InChI=1S/C5H8Cl4O2/c6-1-2(7)3(10)4(11)5(8)9/h2-5,10-11H,1H2. The Morgan fingerprint density at radius 1 is 1.00 bits per heavy atom. The molecule has 0 aliphatic rings. The largest absolute Gasteiger partial charge is 0.389 e. The van der Waals surface area contributed by atoms with Crippen molar-refractivity contribution in [3.63, 3.8) is 0 Å². The minimum absolute atomic E-state index is 0.0281. The zero-order valence-electron chi connectivity index (χ0n) is 5.42. The molecule has 0 saturated heterocycles. The van der Waals surface area contributed by atoms with Crippen LogP contribution in [0.2, 0.25) is 0 Å². The minimum Gasteiger partial charge on any atom is -0.389 e. The molecule has 3 unspecified atom stereocenters. The molecule has 0 aromatic rings. The van der Waals surface area contributed by atoms with Crippen LogP contribution in [0.4, 0.5) is 0 Å². The average molecular weight is 242 g/mol. The van der Waals surface area contributed by atoms with Crippen molar-refractivity contribution in [1.82, 2.24) is 0 Å². The molecule has 0 saturated carbocycles. The van der Waals surface area contributed by atoms with Gasteiger partial charge in [0, 0.05) is 5.88 Å². The summed E-state index contributed by atoms with van der Waals surface area (Å²) in [6.45, 7) is 0. The van der Waals surface area contributed by atoms with Gasteiger partial charge in [-0.1, -0.05) is 0 Å². The van der Waals surface area contributed by atoms with Gasteiger partial charge >= 0.3 is 0 Å². The highest BCUT2D eigenvalue weighted by molar-refractivity contribution is 6.44. The summed E-state index contributed by atoms with van der Waals surface area (Å²) in [4.78, 5) is -1.06. The van der Waals surface area contributed by atoms with E-state index in [9.17, 15) is 0 Å². The fourth-order valence-corrected chi connectivity index (χ4v) is 1.08. The van der Waals surface area contributed by atoms with Crippen molar-refractivity contribution in [1.29, 1.82) is 0 Å². The third kappa shape index (κ3) is 4.02. The summed E-state index contributed by atoms with van der Waals surface area (Å²) in [6.07, 6.45) is -2.46. The van der Waals surface area contributed by atoms with Crippen LogP contribution in [0.15, 0.2) is 0 Å². The fraction of sp³-hybridized carbons (Fsp3) is 1.00. The molecule has 11 heavy (non-hydrogen) atoms. The Kier molecular flexibility index (Phi) is 6.24. The lowest BCUT2D eigenvalue weighted by Gasteiger charge is -2.21. The van der Waals surface area contributed by atoms with E-state index in [2.05, 4.69) is 0 Å². The Hall–Kier alpha value is 1.08. The van der Waals surface area contributed by atoms with Gasteiger partial charge in [-0.3, -0.25) is 0 Å². The average Bonchev–Trinajstić information content (AvgIpc) is 2.00. The second-order valence-electron chi connectivity index (χ2n) is 1.99. The van der Waals surface area contributed by atoms with Crippen LogP contribution in [0.3, 0.4) is 0 Å². The van der Waals surface area contributed by atoms with Crippen molar-refractivity contribution in [2.75, 3.05) is 5.88 Å². The van der Waals surface area contributed by atoms with Crippen LogP contribution < -0.4 is 0 Å². The monoisotopic (exact) mass is 240 g/mol. The molecule has 0 aromatic carbocycles. The molecule has 0 bridgehead atoms. The number of hydrogen-bond donors (Lipinski definition) is 2. The number of aliphatic hydroxyl groups is 2. The van der Waals surface area contributed by atoms with E-state index in [1.54, 1.807) is 0 Å². The third-order valence-electron chi connectivity index (χ3n) is 1.13. The Morgan fingerprint density at radius 3 is 1.73 bits per heavy atom. The van der Waals surface area contributed by atoms with Crippen molar-refractivity contribution >= 4 is 46.4 Å². The van der Waals surface area contributed by atoms with E-state index < -0.39 is 22.4 Å². The van der Waals surface area contributed by atoms with Crippen molar-refractivity contribution in [2.24, 2.45) is 0 Å². The molecule has 0 aliphatic carbocycles. The lowest BCUT2D eigenvalue weighted by atomic mass is 10.2. The van der Waals surface area contributed by atoms with Crippen molar-refractivity contribution in [3.8, 4) is 0 Å². The topological polar surface area (TPSA) is 40.5 Å². The van der Waals surface area contributed by atoms with Gasteiger partial charge in [0.05, 0.1) is 5.38 Å². The van der Waals surface area contributed by atoms with E-state index in [4.69, 9.17) is 56.6 Å². The number of rotatable bonds is 4. The van der Waals surface area contributed by atoms with Crippen LogP contribution in [0.25, 0.3) is 0 Å². The smallest absolute Gasteiger partial charge is 0.136 e. The van der Waals surface area contributed by atoms with Gasteiger partial charge in [-0.2, -0.15) is 0 Å². The highest BCUT2D eigenvalue weighted by Gasteiger charge is 2.28. The van der Waals surface area contributed by atoms with Crippen molar-refractivity contribution < 1.29 is 10.2 Å². The number of aliphatic hydroxyl groups excluding tert-OH is 2. The zero-order valence-corrected chi connectivity index (χ0v) is 8.45. The summed E-state index contributed by atoms with van der Waals surface area (Å²) in [7, 11) is 0. The first-order chi connectivity index (χ1) is 5.00. The predicted octanol–water partition coefficient (Wildman–Crippen LogP) is 1.36. The molecule has 68 valence electrons. The van der Waals surface area contributed by atoms with Gasteiger partial charge in [-0.05, 0) is 0 Å². The lowest BCUT2D eigenvalue weighted by Crippen LogP contribution is -2.39. The molecule has 2 nitrogen and oxygen atoms in total. The second-order valence-corrected chi connectivity index (χ2v) is 4.02. The lowest BCUT2D eigenvalue weighted by molar-refractivity contribution is 0.0288. The van der Waals surface area contributed by atoms with E-state index in [-0.39, 0.29) is 5.88 Å². The first-order valence-corrected chi connectivity index (χ1v) is 4.69. The summed E-state index contributed by atoms with van der Waals surface area (Å²) in [5.74, 6) is 0.0281. The molecule has 0 aromatic heterocycles. The SMILES string of the molecule is OC(C(Cl)Cl)C(O)C(Cl)CCl. The molecule has 0 spiro atoms. The van der Waals surface area contributed by atoms with Crippen LogP contribution in [0.1, 0.15) is 0 Å². The van der Waals surface area contributed by atoms with E-state index in [0.29, 0.717) is 0 Å². The first kappa shape index (κ1) is 12.1. The normalized spacial score (nSPS) is 19.9. The molecular weight excluding hydrogens is 234 g/mol. The zero-order chi connectivity index (χ0) is 9.02. The van der Waals surface area contributed by atoms with Gasteiger partial charge in [-0.15, -0.1) is 46.4 Å². The summed E-state index contributed by atoms with van der Waals surface area (Å²) >= 11 is 21.4. The van der Waals surface area contributed by atoms with E-state index >= 15 is 0 Å². The minimum atomic E-state index is -1.26. The highest BCUT2D eigenvalue weighted by Crippen LogP contribution is 2.17. The maximum absolute atomic E-state index is 9.12. The van der Waals surface area contributed by atoms with Gasteiger partial charge in [-0.25, -0.2) is 0 Å². The number of halogens is 4. The Bertz CT molecular complexity index is 111. The summed E-state index contributed by atoms with van der Waals surface area (Å²) in [5.41, 5.74) is 0. The van der Waals surface area contributed by atoms with E-state index in [0.717, 1.165) is 0 Å². The quantitative estimate of drug-likeness (QED) is 0.730. The number of hydrogen-bond acceptors (Lipinski definition) is 2. The second kappa shape index (κ2) is 5.68. The van der Waals surface area contributed by atoms with E-state index in [1.807, 2.05) is 0 Å². The maximum atomic E-state index is 9.12. The Balaban J connectivity index is 3.90. The van der Waals surface area contributed by atoms with Gasteiger partial charge in [0.25, 0.3) is 0 Å². The van der Waals surface area contributed by atoms with Crippen molar-refractivity contribution in [2.45, 2.75) is 22.4 Å². The van der Waals surface area contributed by atoms with Crippen LogP contribution >= 0.6 is 46.4 Å². The molecule has 0 heterocycles. The van der Waals surface area contributed by atoms with E-state index in [1.165, 1.54) is 0 Å². The molecule has 0 rings (SSSR count). The maximum Gasteiger partial charge on any atom is 0.136 e. The van der Waals surface area contributed by atoms with Crippen LogP contribution in [0, 0.1) is 0 Å². The molecule has 0 fully saturated rings. The first-order valence-electron chi connectivity index (χ1n) is 2.85. The van der Waals surface area contributed by atoms with Gasteiger partial charge in [0.15, 0.2) is 0 Å². The molecule has 0 aliphatic heterocycles. The van der Waals surface area contributed by atoms with Crippen LogP contribution in [-0.2, 0) is 0 Å². The Labute approximate surface area is 85.0 Å². The summed E-state index contributed by atoms with van der Waals surface area (Å²) in [6, 6.07) is 0. The molecule has 6 heteroatoms.